The van der Waals surface area contributed by atoms with E-state index in [1.807, 2.05) is 0 Å². The molecule has 0 spiro atoms. The summed E-state index contributed by atoms with van der Waals surface area (Å²) in [6.07, 6.45) is -7.48. The second-order valence-corrected chi connectivity index (χ2v) is 5.65. The van der Waals surface area contributed by atoms with Gasteiger partial charge in [-0.3, -0.25) is 0 Å². The highest BCUT2D eigenvalue weighted by Gasteiger charge is 2.46. The number of alkyl halides is 1. The van der Waals surface area contributed by atoms with E-state index >= 15 is 0 Å². The van der Waals surface area contributed by atoms with E-state index in [1.165, 1.54) is 17.1 Å². The first-order valence-corrected chi connectivity index (χ1v) is 7.25. The molecule has 3 rings (SSSR count). The predicted octanol–water partition coefficient (Wildman–Crippen LogP) is -0.605. The van der Waals surface area contributed by atoms with Gasteiger partial charge in [-0.25, -0.2) is 14.4 Å². The molecule has 6 atom stereocenters. The van der Waals surface area contributed by atoms with Crippen molar-refractivity contribution in [1.82, 2.24) is 14.5 Å². The topological polar surface area (TPSA) is 121 Å². The highest BCUT2D eigenvalue weighted by molar-refractivity contribution is 6.33. The Bertz CT molecular complexity index is 699. The monoisotopic (exact) mass is 347 g/mol. The molecule has 4 N–H and O–H groups in total. The minimum Gasteiger partial charge on any atom is -0.394 e. The van der Waals surface area contributed by atoms with Crippen LogP contribution in [0, 0.1) is 0 Å². The summed E-state index contributed by atoms with van der Waals surface area (Å²) in [6.45, 7) is -0.664. The lowest BCUT2D eigenvalue weighted by Gasteiger charge is -2.25. The highest BCUT2D eigenvalue weighted by atomic mass is 35.5. The lowest BCUT2D eigenvalue weighted by Crippen LogP contribution is -2.46. The molecule has 0 saturated carbocycles. The summed E-state index contributed by atoms with van der Waals surface area (Å²) in [5.74, 6) is 0. The highest BCUT2D eigenvalue weighted by Crippen LogP contribution is 2.33. The molecule has 0 aliphatic carbocycles. The van der Waals surface area contributed by atoms with Crippen LogP contribution in [0.5, 0.6) is 0 Å². The van der Waals surface area contributed by atoms with Gasteiger partial charge >= 0.3 is 0 Å². The van der Waals surface area contributed by atoms with Crippen molar-refractivity contribution in [3.05, 3.63) is 23.7 Å². The van der Waals surface area contributed by atoms with E-state index < -0.39 is 43.4 Å². The summed E-state index contributed by atoms with van der Waals surface area (Å²) < 4.78 is 21.3. The molecular formula is C13H15ClFN3O5. The SMILES string of the molecule is OC[C@H]1O[C@@H](n2ccc3c(Cl)ncnc32)[C@@H](F)[C@H](O)[C@@H](O)[C@@H]1O. The second-order valence-electron chi connectivity index (χ2n) is 5.29. The summed E-state index contributed by atoms with van der Waals surface area (Å²) >= 11 is 5.94. The lowest BCUT2D eigenvalue weighted by atomic mass is 10.0. The smallest absolute Gasteiger partial charge is 0.173 e. The molecule has 1 fully saturated rings. The van der Waals surface area contributed by atoms with E-state index in [-0.39, 0.29) is 10.8 Å². The Labute approximate surface area is 134 Å². The zero-order valence-corrected chi connectivity index (χ0v) is 12.5. The van der Waals surface area contributed by atoms with E-state index in [9.17, 15) is 24.8 Å². The van der Waals surface area contributed by atoms with Crippen LogP contribution in [0.15, 0.2) is 18.6 Å². The molecule has 10 heteroatoms. The van der Waals surface area contributed by atoms with Crippen molar-refractivity contribution in [2.24, 2.45) is 0 Å². The molecule has 0 amide bonds. The van der Waals surface area contributed by atoms with E-state index in [2.05, 4.69) is 9.97 Å². The summed E-state index contributed by atoms with van der Waals surface area (Å²) in [5.41, 5.74) is 0.257. The van der Waals surface area contributed by atoms with Gasteiger partial charge in [0.25, 0.3) is 0 Å². The van der Waals surface area contributed by atoms with Crippen LogP contribution in [-0.4, -0.2) is 72.2 Å². The van der Waals surface area contributed by atoms with Gasteiger partial charge < -0.3 is 29.7 Å². The Hall–Kier alpha value is -1.36. The molecule has 126 valence electrons. The van der Waals surface area contributed by atoms with Gasteiger partial charge in [0.05, 0.1) is 12.0 Å². The second kappa shape index (κ2) is 6.27. The molecule has 1 saturated heterocycles. The maximum Gasteiger partial charge on any atom is 0.173 e. The minimum absolute atomic E-state index is 0.164. The molecule has 8 nitrogen and oxygen atoms in total. The van der Waals surface area contributed by atoms with Gasteiger partial charge in [0.15, 0.2) is 12.4 Å². The third-order valence-electron chi connectivity index (χ3n) is 3.91. The van der Waals surface area contributed by atoms with Gasteiger partial charge in [-0.1, -0.05) is 11.6 Å². The van der Waals surface area contributed by atoms with Crippen LogP contribution < -0.4 is 0 Å². The zero-order chi connectivity index (χ0) is 16.7. The molecule has 1 aliphatic heterocycles. The fourth-order valence-electron chi connectivity index (χ4n) is 2.63. The number of rotatable bonds is 2. The Morgan fingerprint density at radius 2 is 1.96 bits per heavy atom. The molecule has 2 aromatic rings. The van der Waals surface area contributed by atoms with Crippen LogP contribution in [-0.2, 0) is 4.74 Å². The summed E-state index contributed by atoms with van der Waals surface area (Å²) in [6, 6.07) is 1.55. The number of fused-ring (bicyclic) bond motifs is 1. The third kappa shape index (κ3) is 2.69. The van der Waals surface area contributed by atoms with E-state index in [0.29, 0.717) is 5.39 Å². The van der Waals surface area contributed by atoms with Crippen LogP contribution in [0.2, 0.25) is 5.15 Å². The maximum atomic E-state index is 14.6. The molecule has 0 unspecified atom stereocenters. The van der Waals surface area contributed by atoms with Gasteiger partial charge in [0.1, 0.15) is 41.5 Å². The average Bonchev–Trinajstić information content (AvgIpc) is 2.95. The van der Waals surface area contributed by atoms with Crippen LogP contribution in [0.3, 0.4) is 0 Å². The number of aliphatic hydroxyl groups excluding tert-OH is 4. The number of nitrogens with zero attached hydrogens (tertiary/aromatic N) is 3. The van der Waals surface area contributed by atoms with Crippen LogP contribution >= 0.6 is 11.6 Å². The molecule has 0 bridgehead atoms. The molecule has 0 aromatic carbocycles. The zero-order valence-electron chi connectivity index (χ0n) is 11.7. The van der Waals surface area contributed by atoms with E-state index in [4.69, 9.17) is 16.3 Å². The van der Waals surface area contributed by atoms with Gasteiger partial charge in [-0.15, -0.1) is 0 Å². The van der Waals surface area contributed by atoms with E-state index in [0.717, 1.165) is 0 Å². The fraction of sp³-hybridized carbons (Fsp3) is 0.538. The minimum atomic E-state index is -2.07. The van der Waals surface area contributed by atoms with Gasteiger partial charge in [-0.05, 0) is 6.07 Å². The number of hydrogen-bond acceptors (Lipinski definition) is 7. The standard InChI is InChI=1S/C13H15ClFN3O5/c14-11-5-1-2-18(12(5)17-4-16-11)13-7(15)9(21)10(22)8(20)6(3-19)23-13/h1-2,4,6-10,13,19-22H,3H2/t6-,7+,8-,9+,10+,13-/m1/s1. The van der Waals surface area contributed by atoms with Gasteiger partial charge in [0, 0.05) is 6.20 Å². The summed E-state index contributed by atoms with van der Waals surface area (Å²) in [5, 5.41) is 39.4. The fourth-order valence-corrected chi connectivity index (χ4v) is 2.82. The molecule has 2 aromatic heterocycles. The van der Waals surface area contributed by atoms with Crippen LogP contribution in [0.4, 0.5) is 4.39 Å². The van der Waals surface area contributed by atoms with Crippen molar-refractivity contribution in [1.29, 1.82) is 0 Å². The number of ether oxygens (including phenoxy) is 1. The first-order valence-electron chi connectivity index (χ1n) is 6.87. The van der Waals surface area contributed by atoms with Crippen molar-refractivity contribution in [2.75, 3.05) is 6.61 Å². The molecule has 23 heavy (non-hydrogen) atoms. The number of aromatic nitrogens is 3. The number of halogens is 2. The van der Waals surface area contributed by atoms with E-state index in [1.54, 1.807) is 6.07 Å². The molecular weight excluding hydrogens is 333 g/mol. The number of aliphatic hydroxyl groups is 4. The lowest BCUT2D eigenvalue weighted by molar-refractivity contribution is -0.137. The van der Waals surface area contributed by atoms with Crippen molar-refractivity contribution < 1.29 is 29.6 Å². The van der Waals surface area contributed by atoms with Crippen molar-refractivity contribution >= 4 is 22.6 Å². The van der Waals surface area contributed by atoms with Crippen molar-refractivity contribution in [3.8, 4) is 0 Å². The normalized spacial score (nSPS) is 35.4. The predicted molar refractivity (Wildman–Crippen MR) is 76.5 cm³/mol. The average molecular weight is 348 g/mol. The molecule has 3 heterocycles. The Kier molecular flexibility index (Phi) is 4.50. The third-order valence-corrected chi connectivity index (χ3v) is 4.21. The quantitative estimate of drug-likeness (QED) is 0.535. The summed E-state index contributed by atoms with van der Waals surface area (Å²) in [7, 11) is 0. The maximum absolute atomic E-state index is 14.6. The summed E-state index contributed by atoms with van der Waals surface area (Å²) in [4.78, 5) is 7.82. The number of hydrogen-bond donors (Lipinski definition) is 4. The van der Waals surface area contributed by atoms with Crippen LogP contribution in [0.25, 0.3) is 11.0 Å². The van der Waals surface area contributed by atoms with Gasteiger partial charge in [0.2, 0.25) is 0 Å². The Balaban J connectivity index is 2.06. The molecule has 0 radical (unpaired) electrons. The van der Waals surface area contributed by atoms with Crippen LogP contribution in [0.1, 0.15) is 6.23 Å². The van der Waals surface area contributed by atoms with Crippen molar-refractivity contribution in [3.63, 3.8) is 0 Å². The van der Waals surface area contributed by atoms with Gasteiger partial charge in [-0.2, -0.15) is 0 Å². The van der Waals surface area contributed by atoms with Crippen molar-refractivity contribution in [2.45, 2.75) is 36.8 Å². The Morgan fingerprint density at radius 3 is 2.65 bits per heavy atom. The Morgan fingerprint density at radius 1 is 1.22 bits per heavy atom. The molecule has 1 aliphatic rings. The largest absolute Gasteiger partial charge is 0.394 e. The first kappa shape index (κ1) is 16.5. The first-order chi connectivity index (χ1) is 11.0.